The van der Waals surface area contributed by atoms with Crippen LogP contribution in [0.25, 0.3) is 0 Å². The van der Waals surface area contributed by atoms with Crippen molar-refractivity contribution in [2.24, 2.45) is 0 Å². The Balaban J connectivity index is 0. The van der Waals surface area contributed by atoms with Gasteiger partial charge in [0.05, 0.1) is 0 Å². The summed E-state index contributed by atoms with van der Waals surface area (Å²) >= 11 is 0. The van der Waals surface area contributed by atoms with Gasteiger partial charge in [-0.1, -0.05) is 7.43 Å². The van der Waals surface area contributed by atoms with Crippen molar-refractivity contribution in [1.82, 2.24) is 10.6 Å². The maximum atomic E-state index is 9.96. The van der Waals surface area contributed by atoms with E-state index in [4.69, 9.17) is 0 Å². The molecule has 2 N–H and O–H groups in total. The first-order valence-electron chi connectivity index (χ1n) is 1.73. The van der Waals surface area contributed by atoms with Gasteiger partial charge in [-0.05, 0) is 0 Å². The molecule has 3 amide bonds. The third kappa shape index (κ3) is 4.94. The second-order valence-electron chi connectivity index (χ2n) is 0.841. The van der Waals surface area contributed by atoms with Crippen LogP contribution in [0.4, 0.5) is 4.79 Å². The number of imide groups is 1. The van der Waals surface area contributed by atoms with Crippen LogP contribution >= 0.6 is 0 Å². The molecule has 0 aliphatic heterocycles. The van der Waals surface area contributed by atoms with Crippen molar-refractivity contribution in [2.75, 3.05) is 7.05 Å². The van der Waals surface area contributed by atoms with Crippen molar-refractivity contribution in [3.8, 4) is 0 Å². The van der Waals surface area contributed by atoms with Gasteiger partial charge in [0, 0.05) is 7.05 Å². The van der Waals surface area contributed by atoms with Gasteiger partial charge in [-0.15, -0.1) is 0 Å². The molecular weight excluding hydrogens is 108 g/mol. The maximum Gasteiger partial charge on any atom is 0.320 e. The van der Waals surface area contributed by atoms with Gasteiger partial charge >= 0.3 is 6.03 Å². The molecule has 0 aromatic heterocycles. The minimum Gasteiger partial charge on any atom is -0.341 e. The van der Waals surface area contributed by atoms with Crippen LogP contribution < -0.4 is 10.6 Å². The summed E-state index contributed by atoms with van der Waals surface area (Å²) in [6, 6.07) is -0.491. The van der Waals surface area contributed by atoms with Gasteiger partial charge in [-0.25, -0.2) is 4.79 Å². The summed E-state index contributed by atoms with van der Waals surface area (Å²) in [4.78, 5) is 19.4. The van der Waals surface area contributed by atoms with Gasteiger partial charge in [0.25, 0.3) is 0 Å². The molecule has 0 heterocycles. The van der Waals surface area contributed by atoms with Crippen molar-refractivity contribution >= 4 is 12.4 Å². The quantitative estimate of drug-likeness (QED) is 0.465. The summed E-state index contributed by atoms with van der Waals surface area (Å²) in [5.41, 5.74) is 0. The summed E-state index contributed by atoms with van der Waals surface area (Å²) in [7, 11) is 1.43. The molecule has 48 valence electrons. The van der Waals surface area contributed by atoms with Crippen LogP contribution in [0.1, 0.15) is 7.43 Å². The Morgan fingerprint density at radius 3 is 2.25 bits per heavy atom. The van der Waals surface area contributed by atoms with E-state index < -0.39 is 6.03 Å². The summed E-state index contributed by atoms with van der Waals surface area (Å²) < 4.78 is 0. The molecular formula is C4H10N2O2. The Labute approximate surface area is 48.3 Å². The zero-order valence-electron chi connectivity index (χ0n) is 3.89. The first kappa shape index (κ1) is 10.0. The number of urea groups is 1. The highest BCUT2D eigenvalue weighted by molar-refractivity contribution is 5.83. The zero-order valence-corrected chi connectivity index (χ0v) is 3.89. The molecule has 0 aromatic carbocycles. The zero-order chi connectivity index (χ0) is 5.70. The van der Waals surface area contributed by atoms with Crippen LogP contribution in [-0.2, 0) is 4.79 Å². The highest BCUT2D eigenvalue weighted by atomic mass is 16.2. The van der Waals surface area contributed by atoms with E-state index in [0.29, 0.717) is 6.41 Å². The fourth-order valence-corrected chi connectivity index (χ4v) is 0.126. The third-order valence-corrected chi connectivity index (χ3v) is 0.417. The molecule has 0 aliphatic carbocycles. The summed E-state index contributed by atoms with van der Waals surface area (Å²) in [6.07, 6.45) is 0.318. The lowest BCUT2D eigenvalue weighted by molar-refractivity contribution is -0.108. The molecule has 0 aromatic rings. The molecule has 4 heteroatoms. The SMILES string of the molecule is C.CNC(=O)NC=O. The van der Waals surface area contributed by atoms with Gasteiger partial charge in [-0.2, -0.15) is 0 Å². The Hall–Kier alpha value is -1.06. The monoisotopic (exact) mass is 118 g/mol. The van der Waals surface area contributed by atoms with E-state index in [2.05, 4.69) is 5.32 Å². The lowest BCUT2D eigenvalue weighted by Gasteiger charge is -1.90. The van der Waals surface area contributed by atoms with E-state index in [9.17, 15) is 9.59 Å². The fraction of sp³-hybridized carbons (Fsp3) is 0.500. The molecule has 0 atom stereocenters. The van der Waals surface area contributed by atoms with E-state index >= 15 is 0 Å². The fourth-order valence-electron chi connectivity index (χ4n) is 0.126. The molecule has 8 heavy (non-hydrogen) atoms. The van der Waals surface area contributed by atoms with Crippen molar-refractivity contribution in [2.45, 2.75) is 7.43 Å². The normalized spacial score (nSPS) is 6.12. The average Bonchev–Trinajstić information content (AvgIpc) is 1.68. The van der Waals surface area contributed by atoms with Crippen LogP contribution in [0.5, 0.6) is 0 Å². The van der Waals surface area contributed by atoms with Gasteiger partial charge in [0.15, 0.2) is 0 Å². The molecule has 0 fully saturated rings. The van der Waals surface area contributed by atoms with Crippen molar-refractivity contribution in [3.05, 3.63) is 0 Å². The molecule has 0 rings (SSSR count). The van der Waals surface area contributed by atoms with Crippen LogP contribution in [0, 0.1) is 0 Å². The van der Waals surface area contributed by atoms with Gasteiger partial charge in [0.1, 0.15) is 0 Å². The van der Waals surface area contributed by atoms with Crippen molar-refractivity contribution in [1.29, 1.82) is 0 Å². The van der Waals surface area contributed by atoms with E-state index in [1.54, 1.807) is 0 Å². The first-order chi connectivity index (χ1) is 3.31. The van der Waals surface area contributed by atoms with Gasteiger partial charge < -0.3 is 5.32 Å². The van der Waals surface area contributed by atoms with Gasteiger partial charge in [-0.3, -0.25) is 10.1 Å². The Morgan fingerprint density at radius 2 is 2.12 bits per heavy atom. The number of carbonyl (C=O) groups excluding carboxylic acids is 2. The molecule has 0 saturated carbocycles. The number of rotatable bonds is 1. The molecule has 4 nitrogen and oxygen atoms in total. The third-order valence-electron chi connectivity index (χ3n) is 0.417. The minimum absolute atomic E-state index is 0. The smallest absolute Gasteiger partial charge is 0.320 e. The van der Waals surface area contributed by atoms with E-state index in [1.807, 2.05) is 5.32 Å². The van der Waals surface area contributed by atoms with Crippen LogP contribution in [-0.4, -0.2) is 19.5 Å². The van der Waals surface area contributed by atoms with Crippen LogP contribution in [0.15, 0.2) is 0 Å². The second-order valence-corrected chi connectivity index (χ2v) is 0.841. The van der Waals surface area contributed by atoms with Crippen LogP contribution in [0.2, 0.25) is 0 Å². The highest BCUT2D eigenvalue weighted by Crippen LogP contribution is 1.50. The number of amides is 3. The summed E-state index contributed by atoms with van der Waals surface area (Å²) in [6.45, 7) is 0. The Bertz CT molecular complexity index is 82.1. The molecule has 0 radical (unpaired) electrons. The first-order valence-corrected chi connectivity index (χ1v) is 1.73. The maximum absolute atomic E-state index is 9.96. The Kier molecular flexibility index (Phi) is 7.45. The highest BCUT2D eigenvalue weighted by Gasteiger charge is 1.86. The topological polar surface area (TPSA) is 58.2 Å². The standard InChI is InChI=1S/C3H6N2O2.CH4/c1-4-3(7)5-2-6;/h2H,1H3,(H2,4,5,6,7);1H4. The molecule has 0 saturated heterocycles. The van der Waals surface area contributed by atoms with Crippen LogP contribution in [0.3, 0.4) is 0 Å². The average molecular weight is 118 g/mol. The number of hydrogen-bond acceptors (Lipinski definition) is 2. The summed E-state index contributed by atoms with van der Waals surface area (Å²) in [5, 5.41) is 4.05. The van der Waals surface area contributed by atoms with Gasteiger partial charge in [0.2, 0.25) is 6.41 Å². The number of hydrogen-bond donors (Lipinski definition) is 2. The van der Waals surface area contributed by atoms with Crippen molar-refractivity contribution < 1.29 is 9.59 Å². The van der Waals surface area contributed by atoms with E-state index in [-0.39, 0.29) is 7.43 Å². The summed E-state index contributed by atoms with van der Waals surface area (Å²) in [5.74, 6) is 0. The molecule has 0 spiro atoms. The largest absolute Gasteiger partial charge is 0.341 e. The molecule has 0 unspecified atom stereocenters. The second kappa shape index (κ2) is 5.94. The molecule has 0 bridgehead atoms. The molecule has 0 aliphatic rings. The predicted octanol–water partition coefficient (Wildman–Crippen LogP) is -0.292. The number of carbonyl (C=O) groups is 2. The van der Waals surface area contributed by atoms with Crippen molar-refractivity contribution in [3.63, 3.8) is 0 Å². The van der Waals surface area contributed by atoms with E-state index in [1.165, 1.54) is 7.05 Å². The Morgan fingerprint density at radius 1 is 1.62 bits per heavy atom. The number of nitrogens with one attached hydrogen (secondary N) is 2. The predicted molar refractivity (Wildman–Crippen MR) is 30.4 cm³/mol. The minimum atomic E-state index is -0.491. The lowest BCUT2D eigenvalue weighted by atomic mass is 10.9. The van der Waals surface area contributed by atoms with E-state index in [0.717, 1.165) is 0 Å². The lowest BCUT2D eigenvalue weighted by Crippen LogP contribution is -2.31.